The molecule has 0 amide bonds. The SMILES string of the molecule is CN1CNC=C(NCc2ccc(Cl)cc2)C1=N. The van der Waals surface area contributed by atoms with Crippen LogP contribution in [0.5, 0.6) is 0 Å². The van der Waals surface area contributed by atoms with E-state index in [-0.39, 0.29) is 0 Å². The summed E-state index contributed by atoms with van der Waals surface area (Å²) in [5.41, 5.74) is 1.94. The molecule has 4 nitrogen and oxygen atoms in total. The fourth-order valence-corrected chi connectivity index (χ4v) is 1.70. The van der Waals surface area contributed by atoms with E-state index in [0.717, 1.165) is 16.3 Å². The van der Waals surface area contributed by atoms with Crippen molar-refractivity contribution in [1.82, 2.24) is 15.5 Å². The van der Waals surface area contributed by atoms with Crippen LogP contribution >= 0.6 is 11.6 Å². The van der Waals surface area contributed by atoms with E-state index in [1.807, 2.05) is 42.4 Å². The van der Waals surface area contributed by atoms with E-state index in [1.54, 1.807) is 0 Å². The van der Waals surface area contributed by atoms with Crippen molar-refractivity contribution in [2.75, 3.05) is 13.7 Å². The summed E-state index contributed by atoms with van der Waals surface area (Å²) in [6.07, 6.45) is 1.83. The van der Waals surface area contributed by atoms with Gasteiger partial charge in [-0.1, -0.05) is 23.7 Å². The first kappa shape index (κ1) is 11.8. The van der Waals surface area contributed by atoms with Gasteiger partial charge in [0.25, 0.3) is 0 Å². The number of hydrogen-bond donors (Lipinski definition) is 3. The van der Waals surface area contributed by atoms with Gasteiger partial charge < -0.3 is 15.5 Å². The summed E-state index contributed by atoms with van der Waals surface area (Å²) in [6, 6.07) is 7.67. The monoisotopic (exact) mass is 250 g/mol. The highest BCUT2D eigenvalue weighted by atomic mass is 35.5. The third kappa shape index (κ3) is 2.91. The molecular weight excluding hydrogens is 236 g/mol. The molecule has 1 aromatic rings. The van der Waals surface area contributed by atoms with Gasteiger partial charge in [-0.05, 0) is 17.7 Å². The van der Waals surface area contributed by atoms with Gasteiger partial charge in [-0.15, -0.1) is 0 Å². The van der Waals surface area contributed by atoms with E-state index in [1.165, 1.54) is 0 Å². The molecule has 0 radical (unpaired) electrons. The molecule has 0 unspecified atom stereocenters. The Morgan fingerprint density at radius 3 is 2.82 bits per heavy atom. The highest BCUT2D eigenvalue weighted by Crippen LogP contribution is 2.10. The maximum Gasteiger partial charge on any atom is 0.147 e. The van der Waals surface area contributed by atoms with E-state index in [2.05, 4.69) is 10.6 Å². The van der Waals surface area contributed by atoms with Crippen LogP contribution in [0.15, 0.2) is 36.2 Å². The molecule has 5 heteroatoms. The quantitative estimate of drug-likeness (QED) is 0.766. The Bertz CT molecular complexity index is 438. The van der Waals surface area contributed by atoms with E-state index in [4.69, 9.17) is 17.0 Å². The van der Waals surface area contributed by atoms with Gasteiger partial charge in [0.1, 0.15) is 5.84 Å². The summed E-state index contributed by atoms with van der Waals surface area (Å²) in [5, 5.41) is 14.9. The number of hydrogen-bond acceptors (Lipinski definition) is 3. The zero-order valence-corrected chi connectivity index (χ0v) is 10.4. The molecular formula is C12H15ClN4. The average Bonchev–Trinajstić information content (AvgIpc) is 2.33. The van der Waals surface area contributed by atoms with Crippen LogP contribution in [0.25, 0.3) is 0 Å². The second-order valence-electron chi connectivity index (χ2n) is 3.95. The molecule has 2 rings (SSSR count). The van der Waals surface area contributed by atoms with Crippen molar-refractivity contribution in [3.8, 4) is 0 Å². The second-order valence-corrected chi connectivity index (χ2v) is 4.38. The molecule has 3 N–H and O–H groups in total. The molecule has 0 aliphatic carbocycles. The normalized spacial score (nSPS) is 15.3. The molecule has 0 atom stereocenters. The lowest BCUT2D eigenvalue weighted by molar-refractivity contribution is 0.458. The molecule has 1 heterocycles. The molecule has 90 valence electrons. The molecule has 1 aliphatic heterocycles. The summed E-state index contributed by atoms with van der Waals surface area (Å²) in [5.74, 6) is 0.498. The number of likely N-dealkylation sites (N-methyl/N-ethyl adjacent to an activating group) is 1. The minimum absolute atomic E-state index is 0.498. The predicted octanol–water partition coefficient (Wildman–Crippen LogP) is 1.74. The van der Waals surface area contributed by atoms with Crippen LogP contribution in [0.2, 0.25) is 5.02 Å². The largest absolute Gasteiger partial charge is 0.377 e. The van der Waals surface area contributed by atoms with Gasteiger partial charge in [0.05, 0.1) is 12.4 Å². The summed E-state index contributed by atoms with van der Waals surface area (Å²) in [6.45, 7) is 1.35. The topological polar surface area (TPSA) is 51.1 Å². The number of nitrogens with one attached hydrogen (secondary N) is 3. The smallest absolute Gasteiger partial charge is 0.147 e. The minimum atomic E-state index is 0.498. The number of halogens is 1. The molecule has 17 heavy (non-hydrogen) atoms. The molecule has 0 saturated carbocycles. The predicted molar refractivity (Wildman–Crippen MR) is 69.9 cm³/mol. The molecule has 0 aromatic heterocycles. The minimum Gasteiger partial charge on any atom is -0.377 e. The zero-order valence-electron chi connectivity index (χ0n) is 9.63. The Hall–Kier alpha value is -1.68. The van der Waals surface area contributed by atoms with Crippen molar-refractivity contribution in [2.24, 2.45) is 0 Å². The van der Waals surface area contributed by atoms with Crippen molar-refractivity contribution in [3.63, 3.8) is 0 Å². The van der Waals surface area contributed by atoms with Crippen LogP contribution in [0.1, 0.15) is 5.56 Å². The van der Waals surface area contributed by atoms with Crippen LogP contribution in [0.4, 0.5) is 0 Å². The molecule has 0 fully saturated rings. The molecule has 0 bridgehead atoms. The fraction of sp³-hybridized carbons (Fsp3) is 0.250. The Labute approximate surface area is 106 Å². The van der Waals surface area contributed by atoms with Gasteiger partial charge in [-0.2, -0.15) is 0 Å². The molecule has 0 saturated heterocycles. The highest BCUT2D eigenvalue weighted by molar-refractivity contribution is 6.30. The molecule has 1 aromatic carbocycles. The molecule has 1 aliphatic rings. The van der Waals surface area contributed by atoms with Crippen LogP contribution < -0.4 is 10.6 Å². The Kier molecular flexibility index (Phi) is 3.54. The van der Waals surface area contributed by atoms with E-state index in [9.17, 15) is 0 Å². The van der Waals surface area contributed by atoms with Crippen molar-refractivity contribution >= 4 is 17.4 Å². The zero-order chi connectivity index (χ0) is 12.3. The lowest BCUT2D eigenvalue weighted by Gasteiger charge is -2.27. The standard InChI is InChI=1S/C12H15ClN4/c1-17-8-15-7-11(12(17)14)16-6-9-2-4-10(13)5-3-9/h2-5,7,14-16H,6,8H2,1H3. The van der Waals surface area contributed by atoms with E-state index < -0.39 is 0 Å². The van der Waals surface area contributed by atoms with Crippen LogP contribution in [0.3, 0.4) is 0 Å². The Morgan fingerprint density at radius 1 is 1.41 bits per heavy atom. The number of nitrogens with zero attached hydrogens (tertiary/aromatic N) is 1. The average molecular weight is 251 g/mol. The maximum atomic E-state index is 7.89. The first-order valence-corrected chi connectivity index (χ1v) is 5.76. The van der Waals surface area contributed by atoms with Gasteiger partial charge in [0, 0.05) is 24.8 Å². The summed E-state index contributed by atoms with van der Waals surface area (Å²) in [4.78, 5) is 1.84. The first-order valence-electron chi connectivity index (χ1n) is 5.39. The highest BCUT2D eigenvalue weighted by Gasteiger charge is 2.13. The number of amidine groups is 1. The number of benzene rings is 1. The van der Waals surface area contributed by atoms with Crippen molar-refractivity contribution in [3.05, 3.63) is 46.7 Å². The van der Waals surface area contributed by atoms with Gasteiger partial charge >= 0.3 is 0 Å². The van der Waals surface area contributed by atoms with Crippen molar-refractivity contribution < 1.29 is 0 Å². The van der Waals surface area contributed by atoms with Crippen LogP contribution in [-0.4, -0.2) is 24.5 Å². The van der Waals surface area contributed by atoms with Crippen molar-refractivity contribution in [1.29, 1.82) is 5.41 Å². The first-order chi connectivity index (χ1) is 8.16. The summed E-state index contributed by atoms with van der Waals surface area (Å²) >= 11 is 5.82. The van der Waals surface area contributed by atoms with Gasteiger partial charge in [0.15, 0.2) is 0 Å². The Morgan fingerprint density at radius 2 is 2.12 bits per heavy atom. The maximum absolute atomic E-state index is 7.89. The van der Waals surface area contributed by atoms with Gasteiger partial charge in [0.2, 0.25) is 0 Å². The third-order valence-electron chi connectivity index (χ3n) is 2.61. The summed E-state index contributed by atoms with van der Waals surface area (Å²) in [7, 11) is 1.88. The Balaban J connectivity index is 1.96. The summed E-state index contributed by atoms with van der Waals surface area (Å²) < 4.78 is 0. The van der Waals surface area contributed by atoms with Crippen molar-refractivity contribution in [2.45, 2.75) is 6.54 Å². The van der Waals surface area contributed by atoms with E-state index >= 15 is 0 Å². The lowest BCUT2D eigenvalue weighted by atomic mass is 10.2. The third-order valence-corrected chi connectivity index (χ3v) is 2.86. The fourth-order valence-electron chi connectivity index (χ4n) is 1.57. The van der Waals surface area contributed by atoms with E-state index in [0.29, 0.717) is 19.0 Å². The van der Waals surface area contributed by atoms with Gasteiger partial charge in [-0.25, -0.2) is 0 Å². The van der Waals surface area contributed by atoms with Crippen LogP contribution in [0, 0.1) is 5.41 Å². The number of rotatable bonds is 3. The molecule has 0 spiro atoms. The van der Waals surface area contributed by atoms with Gasteiger partial charge in [-0.3, -0.25) is 5.41 Å². The second kappa shape index (κ2) is 5.10. The lowest BCUT2D eigenvalue weighted by Crippen LogP contribution is -2.42. The van der Waals surface area contributed by atoms with Crippen LogP contribution in [-0.2, 0) is 6.54 Å².